The number of hydrogen-bond donors (Lipinski definition) is 1. The zero-order valence-electron chi connectivity index (χ0n) is 6.41. The van der Waals surface area contributed by atoms with E-state index in [1.54, 1.807) is 0 Å². The van der Waals surface area contributed by atoms with Crippen molar-refractivity contribution in [2.75, 3.05) is 6.61 Å². The van der Waals surface area contributed by atoms with Crippen molar-refractivity contribution in [1.29, 1.82) is 0 Å². The van der Waals surface area contributed by atoms with E-state index < -0.39 is 16.8 Å². The van der Waals surface area contributed by atoms with Crippen molar-refractivity contribution in [2.24, 2.45) is 0 Å². The maximum Gasteiger partial charge on any atom is 0.304 e. The fourth-order valence-electron chi connectivity index (χ4n) is 1.12. The Morgan fingerprint density at radius 3 is 2.82 bits per heavy atom. The summed E-state index contributed by atoms with van der Waals surface area (Å²) >= 11 is -2.19. The Balaban J connectivity index is 2.43. The van der Waals surface area contributed by atoms with Crippen LogP contribution in [-0.4, -0.2) is 31.0 Å². The standard InChI is InChI=1S/C5H12O4SSi/c6-10(7)9-5(11)3-1-2-4-8-5/h1-4H2,11H3,(H,6,7). The quantitative estimate of drug-likeness (QED) is 0.471. The van der Waals surface area contributed by atoms with Crippen molar-refractivity contribution in [3.05, 3.63) is 0 Å². The van der Waals surface area contributed by atoms with Gasteiger partial charge in [-0.05, 0) is 19.3 Å². The van der Waals surface area contributed by atoms with Gasteiger partial charge < -0.3 is 4.74 Å². The Morgan fingerprint density at radius 2 is 2.36 bits per heavy atom. The Morgan fingerprint density at radius 1 is 1.64 bits per heavy atom. The average molecular weight is 196 g/mol. The van der Waals surface area contributed by atoms with E-state index in [0.29, 0.717) is 16.8 Å². The predicted octanol–water partition coefficient (Wildman–Crippen LogP) is -0.641. The van der Waals surface area contributed by atoms with Crippen LogP contribution in [0.15, 0.2) is 0 Å². The Kier molecular flexibility index (Phi) is 3.20. The SMILES string of the molecule is O=S(O)OC1([SiH3])CCCCO1. The number of ether oxygens (including phenoxy) is 1. The van der Waals surface area contributed by atoms with E-state index >= 15 is 0 Å². The molecule has 11 heavy (non-hydrogen) atoms. The van der Waals surface area contributed by atoms with E-state index in [9.17, 15) is 4.21 Å². The highest BCUT2D eigenvalue weighted by atomic mass is 32.2. The summed E-state index contributed by atoms with van der Waals surface area (Å²) < 4.78 is 28.8. The van der Waals surface area contributed by atoms with Gasteiger partial charge in [-0.3, -0.25) is 4.55 Å². The Hall–Kier alpha value is 0.247. The summed E-state index contributed by atoms with van der Waals surface area (Å²) in [6.07, 6.45) is 2.78. The molecule has 1 heterocycles. The van der Waals surface area contributed by atoms with Gasteiger partial charge in [0.25, 0.3) is 0 Å². The van der Waals surface area contributed by atoms with Crippen molar-refractivity contribution >= 4 is 21.6 Å². The molecule has 6 heteroatoms. The molecule has 0 spiro atoms. The maximum atomic E-state index is 10.3. The molecule has 1 saturated heterocycles. The third-order valence-electron chi connectivity index (χ3n) is 1.68. The fraction of sp³-hybridized carbons (Fsp3) is 1.00. The second-order valence-corrected chi connectivity index (χ2v) is 4.86. The molecular weight excluding hydrogens is 184 g/mol. The van der Waals surface area contributed by atoms with E-state index in [0.717, 1.165) is 19.3 Å². The summed E-state index contributed by atoms with van der Waals surface area (Å²) in [5.74, 6) is 0. The first kappa shape index (κ1) is 9.34. The summed E-state index contributed by atoms with van der Waals surface area (Å²) in [5, 5.41) is 0. The molecule has 1 aliphatic rings. The van der Waals surface area contributed by atoms with E-state index in [2.05, 4.69) is 0 Å². The van der Waals surface area contributed by atoms with Gasteiger partial charge in [0, 0.05) is 6.61 Å². The number of hydrogen-bond acceptors (Lipinski definition) is 3. The van der Waals surface area contributed by atoms with Crippen molar-refractivity contribution in [2.45, 2.75) is 24.7 Å². The molecule has 1 N–H and O–H groups in total. The van der Waals surface area contributed by atoms with Gasteiger partial charge in [0.05, 0.1) is 10.2 Å². The van der Waals surface area contributed by atoms with Crippen LogP contribution >= 0.6 is 0 Å². The Labute approximate surface area is 71.2 Å². The molecular formula is C5H12O4SSi. The lowest BCUT2D eigenvalue weighted by molar-refractivity contribution is -0.140. The van der Waals surface area contributed by atoms with Gasteiger partial charge in [-0.25, -0.2) is 4.18 Å². The molecule has 1 fully saturated rings. The summed E-state index contributed by atoms with van der Waals surface area (Å²) in [5.41, 5.74) is -0.710. The van der Waals surface area contributed by atoms with Crippen LogP contribution in [0, 0.1) is 0 Å². The van der Waals surface area contributed by atoms with Crippen LogP contribution < -0.4 is 0 Å². The van der Waals surface area contributed by atoms with Gasteiger partial charge in [0.1, 0.15) is 0 Å². The molecule has 0 radical (unpaired) electrons. The Bertz CT molecular complexity index is 157. The molecule has 0 aliphatic carbocycles. The van der Waals surface area contributed by atoms with Crippen molar-refractivity contribution in [3.63, 3.8) is 0 Å². The smallest absolute Gasteiger partial charge is 0.304 e. The highest BCUT2D eigenvalue weighted by Crippen LogP contribution is 2.23. The van der Waals surface area contributed by atoms with E-state index in [1.165, 1.54) is 0 Å². The van der Waals surface area contributed by atoms with Gasteiger partial charge in [0.15, 0.2) is 5.41 Å². The second-order valence-electron chi connectivity index (χ2n) is 2.74. The average Bonchev–Trinajstić information content (AvgIpc) is 1.85. The molecule has 0 aromatic rings. The minimum absolute atomic E-state index is 0.630. The first-order valence-corrected chi connectivity index (χ1v) is 5.60. The third-order valence-corrected chi connectivity index (χ3v) is 3.46. The van der Waals surface area contributed by atoms with Crippen molar-refractivity contribution < 1.29 is 17.7 Å². The third kappa shape index (κ3) is 3.00. The van der Waals surface area contributed by atoms with Crippen LogP contribution in [0.4, 0.5) is 0 Å². The molecule has 0 amide bonds. The zero-order chi connectivity index (χ0) is 8.32. The summed E-state index contributed by atoms with van der Waals surface area (Å²) in [6.45, 7) is 0.640. The zero-order valence-corrected chi connectivity index (χ0v) is 9.23. The second kappa shape index (κ2) is 3.77. The molecule has 2 unspecified atom stereocenters. The van der Waals surface area contributed by atoms with E-state index in [1.807, 2.05) is 0 Å². The van der Waals surface area contributed by atoms with E-state index in [4.69, 9.17) is 13.5 Å². The highest BCUT2D eigenvalue weighted by molar-refractivity contribution is 7.74. The van der Waals surface area contributed by atoms with Gasteiger partial charge in [0.2, 0.25) is 0 Å². The molecule has 1 aliphatic heterocycles. The molecule has 1 rings (SSSR count). The maximum absolute atomic E-state index is 10.3. The van der Waals surface area contributed by atoms with Crippen molar-refractivity contribution in [3.8, 4) is 0 Å². The molecule has 66 valence electrons. The molecule has 4 nitrogen and oxygen atoms in total. The largest absolute Gasteiger partial charge is 0.354 e. The van der Waals surface area contributed by atoms with Gasteiger partial charge in [-0.2, -0.15) is 4.21 Å². The molecule has 2 atom stereocenters. The van der Waals surface area contributed by atoms with Crippen LogP contribution in [-0.2, 0) is 20.3 Å². The predicted molar refractivity (Wildman–Crippen MR) is 44.3 cm³/mol. The van der Waals surface area contributed by atoms with Crippen LogP contribution in [0.5, 0.6) is 0 Å². The number of rotatable bonds is 2. The van der Waals surface area contributed by atoms with Crippen LogP contribution in [0.3, 0.4) is 0 Å². The topological polar surface area (TPSA) is 55.8 Å². The fourth-order valence-corrected chi connectivity index (χ4v) is 2.54. The summed E-state index contributed by atoms with van der Waals surface area (Å²) in [4.78, 5) is 0. The van der Waals surface area contributed by atoms with Crippen molar-refractivity contribution in [1.82, 2.24) is 0 Å². The van der Waals surface area contributed by atoms with Crippen LogP contribution in [0.1, 0.15) is 19.3 Å². The minimum Gasteiger partial charge on any atom is -0.354 e. The highest BCUT2D eigenvalue weighted by Gasteiger charge is 2.30. The lowest BCUT2D eigenvalue weighted by Crippen LogP contribution is -2.40. The minimum atomic E-state index is -2.19. The summed E-state index contributed by atoms with van der Waals surface area (Å²) in [7, 11) is 0.630. The van der Waals surface area contributed by atoms with Gasteiger partial charge in [-0.15, -0.1) is 0 Å². The normalized spacial score (nSPS) is 35.4. The van der Waals surface area contributed by atoms with Crippen LogP contribution in [0.25, 0.3) is 0 Å². The first-order valence-electron chi connectivity index (χ1n) is 3.57. The van der Waals surface area contributed by atoms with Crippen LogP contribution in [0.2, 0.25) is 0 Å². The first-order chi connectivity index (χ1) is 5.12. The molecule has 0 aromatic carbocycles. The molecule has 0 saturated carbocycles. The summed E-state index contributed by atoms with van der Waals surface area (Å²) in [6, 6.07) is 0. The van der Waals surface area contributed by atoms with Gasteiger partial charge in [-0.1, -0.05) is 0 Å². The van der Waals surface area contributed by atoms with Gasteiger partial charge >= 0.3 is 11.4 Å². The molecule has 0 aromatic heterocycles. The lowest BCUT2D eigenvalue weighted by Gasteiger charge is -2.31. The molecule has 0 bridgehead atoms. The monoisotopic (exact) mass is 196 g/mol. The lowest BCUT2D eigenvalue weighted by atomic mass is 10.2. The van der Waals surface area contributed by atoms with E-state index in [-0.39, 0.29) is 0 Å².